The molecule has 1 rings (SSSR count). The van der Waals surface area contributed by atoms with Crippen molar-refractivity contribution in [3.63, 3.8) is 0 Å². The van der Waals surface area contributed by atoms with Gasteiger partial charge in [0.15, 0.2) is 0 Å². The molecule has 0 aromatic heterocycles. The van der Waals surface area contributed by atoms with Gasteiger partial charge in [-0.3, -0.25) is 4.90 Å². The van der Waals surface area contributed by atoms with Crippen molar-refractivity contribution in [2.75, 3.05) is 25.4 Å². The molecule has 2 nitrogen and oxygen atoms in total. The average molecular weight is 288 g/mol. The molecule has 0 amide bonds. The van der Waals surface area contributed by atoms with E-state index >= 15 is 0 Å². The molecule has 0 aliphatic heterocycles. The Balaban J connectivity index is 2.82. The van der Waals surface area contributed by atoms with E-state index in [9.17, 15) is 13.2 Å². The Morgan fingerprint density at radius 1 is 1.05 bits per heavy atom. The molecule has 0 atom stereocenters. The van der Waals surface area contributed by atoms with Crippen LogP contribution in [0.5, 0.6) is 0 Å². The standard InChI is InChI=1S/C15H23F3N2/c1-4-9-20(11-15(16,17)18)10-14(2,3)12-5-7-13(19)8-6-12/h5-8H,4,9-11,19H2,1-3H3. The summed E-state index contributed by atoms with van der Waals surface area (Å²) in [6, 6.07) is 7.33. The van der Waals surface area contributed by atoms with Crippen molar-refractivity contribution in [2.24, 2.45) is 0 Å². The Kier molecular flexibility index (Phi) is 5.45. The minimum Gasteiger partial charge on any atom is -0.399 e. The van der Waals surface area contributed by atoms with E-state index in [1.54, 1.807) is 12.1 Å². The van der Waals surface area contributed by atoms with Crippen LogP contribution in [0.4, 0.5) is 18.9 Å². The van der Waals surface area contributed by atoms with Crippen molar-refractivity contribution >= 4 is 5.69 Å². The smallest absolute Gasteiger partial charge is 0.399 e. The van der Waals surface area contributed by atoms with Crippen LogP contribution in [0.2, 0.25) is 0 Å². The number of nitrogens with two attached hydrogens (primary N) is 1. The van der Waals surface area contributed by atoms with Gasteiger partial charge in [-0.1, -0.05) is 32.9 Å². The van der Waals surface area contributed by atoms with Crippen LogP contribution in [-0.4, -0.2) is 30.7 Å². The van der Waals surface area contributed by atoms with Crippen molar-refractivity contribution in [1.29, 1.82) is 0 Å². The number of nitrogen functional groups attached to an aromatic ring is 1. The van der Waals surface area contributed by atoms with Crippen LogP contribution >= 0.6 is 0 Å². The first-order valence-corrected chi connectivity index (χ1v) is 6.79. The predicted molar refractivity (Wildman–Crippen MR) is 76.7 cm³/mol. The van der Waals surface area contributed by atoms with Crippen LogP contribution in [0.3, 0.4) is 0 Å². The van der Waals surface area contributed by atoms with E-state index in [0.717, 1.165) is 5.56 Å². The fourth-order valence-electron chi connectivity index (χ4n) is 2.37. The van der Waals surface area contributed by atoms with E-state index in [1.165, 1.54) is 4.90 Å². The Morgan fingerprint density at radius 3 is 2.05 bits per heavy atom. The lowest BCUT2D eigenvalue weighted by Gasteiger charge is -2.33. The molecule has 1 aromatic carbocycles. The van der Waals surface area contributed by atoms with Crippen molar-refractivity contribution in [3.05, 3.63) is 29.8 Å². The lowest BCUT2D eigenvalue weighted by molar-refractivity contribution is -0.147. The molecule has 0 bridgehead atoms. The summed E-state index contributed by atoms with van der Waals surface area (Å²) < 4.78 is 37.8. The van der Waals surface area contributed by atoms with Gasteiger partial charge in [-0.05, 0) is 30.7 Å². The molecule has 114 valence electrons. The third-order valence-corrected chi connectivity index (χ3v) is 3.25. The monoisotopic (exact) mass is 288 g/mol. The molecule has 5 heteroatoms. The predicted octanol–water partition coefficient (Wildman–Crippen LogP) is 3.82. The molecule has 0 aliphatic carbocycles. The van der Waals surface area contributed by atoms with Gasteiger partial charge < -0.3 is 5.73 Å². The first-order chi connectivity index (χ1) is 9.14. The zero-order chi connectivity index (χ0) is 15.4. The van der Waals surface area contributed by atoms with Gasteiger partial charge in [0.2, 0.25) is 0 Å². The number of rotatable bonds is 6. The van der Waals surface area contributed by atoms with Gasteiger partial charge in [-0.15, -0.1) is 0 Å². The number of halogens is 3. The highest BCUT2D eigenvalue weighted by atomic mass is 19.4. The van der Waals surface area contributed by atoms with Gasteiger partial charge in [0.25, 0.3) is 0 Å². The summed E-state index contributed by atoms with van der Waals surface area (Å²) in [5, 5.41) is 0. The molecule has 0 saturated heterocycles. The SMILES string of the molecule is CCCN(CC(F)(F)F)CC(C)(C)c1ccc(N)cc1. The lowest BCUT2D eigenvalue weighted by Crippen LogP contribution is -2.42. The van der Waals surface area contributed by atoms with Crippen LogP contribution in [0, 0.1) is 0 Å². The van der Waals surface area contributed by atoms with E-state index in [4.69, 9.17) is 5.73 Å². The number of hydrogen-bond donors (Lipinski definition) is 1. The topological polar surface area (TPSA) is 29.3 Å². The highest BCUT2D eigenvalue weighted by molar-refractivity contribution is 5.41. The van der Waals surface area contributed by atoms with Crippen LogP contribution in [-0.2, 0) is 5.41 Å². The second-order valence-electron chi connectivity index (χ2n) is 5.83. The molecular weight excluding hydrogens is 265 g/mol. The Bertz CT molecular complexity index is 410. The van der Waals surface area contributed by atoms with Crippen molar-refractivity contribution in [1.82, 2.24) is 4.90 Å². The van der Waals surface area contributed by atoms with Crippen molar-refractivity contribution in [3.8, 4) is 0 Å². The van der Waals surface area contributed by atoms with Crippen LogP contribution in [0.25, 0.3) is 0 Å². The van der Waals surface area contributed by atoms with E-state index in [2.05, 4.69) is 0 Å². The molecule has 0 saturated carbocycles. The summed E-state index contributed by atoms with van der Waals surface area (Å²) in [6.07, 6.45) is -3.46. The van der Waals surface area contributed by atoms with Gasteiger partial charge in [0, 0.05) is 17.6 Å². The second-order valence-corrected chi connectivity index (χ2v) is 5.83. The summed E-state index contributed by atoms with van der Waals surface area (Å²) in [4.78, 5) is 1.47. The van der Waals surface area contributed by atoms with Crippen LogP contribution in [0.15, 0.2) is 24.3 Å². The number of nitrogens with zero attached hydrogens (tertiary/aromatic N) is 1. The van der Waals surface area contributed by atoms with Crippen LogP contribution < -0.4 is 5.73 Å². The highest BCUT2D eigenvalue weighted by Crippen LogP contribution is 2.27. The minimum atomic E-state index is -4.16. The van der Waals surface area contributed by atoms with Gasteiger partial charge in [0.05, 0.1) is 6.54 Å². The molecule has 0 heterocycles. The lowest BCUT2D eigenvalue weighted by atomic mass is 9.84. The number of alkyl halides is 3. The molecule has 2 N–H and O–H groups in total. The number of anilines is 1. The second kappa shape index (κ2) is 6.48. The summed E-state index contributed by atoms with van der Waals surface area (Å²) in [5.41, 5.74) is 6.94. The fraction of sp³-hybridized carbons (Fsp3) is 0.600. The Labute approximate surface area is 118 Å². The molecule has 0 unspecified atom stereocenters. The van der Waals surface area contributed by atoms with E-state index < -0.39 is 12.7 Å². The summed E-state index contributed by atoms with van der Waals surface area (Å²) in [6.45, 7) is 5.75. The Morgan fingerprint density at radius 2 is 1.60 bits per heavy atom. The van der Waals surface area contributed by atoms with Crippen molar-refractivity contribution in [2.45, 2.75) is 38.8 Å². The van der Waals surface area contributed by atoms with Gasteiger partial charge >= 0.3 is 6.18 Å². The Hall–Kier alpha value is -1.23. The quantitative estimate of drug-likeness (QED) is 0.806. The maximum atomic E-state index is 12.6. The van der Waals surface area contributed by atoms with E-state index in [1.807, 2.05) is 32.9 Å². The zero-order valence-electron chi connectivity index (χ0n) is 12.3. The summed E-state index contributed by atoms with van der Waals surface area (Å²) >= 11 is 0. The summed E-state index contributed by atoms with van der Waals surface area (Å²) in [7, 11) is 0. The maximum absolute atomic E-state index is 12.6. The van der Waals surface area contributed by atoms with Gasteiger partial charge in [-0.2, -0.15) is 13.2 Å². The van der Waals surface area contributed by atoms with Crippen LogP contribution in [0.1, 0.15) is 32.8 Å². The van der Waals surface area contributed by atoms with E-state index in [-0.39, 0.29) is 5.41 Å². The largest absolute Gasteiger partial charge is 0.401 e. The zero-order valence-corrected chi connectivity index (χ0v) is 12.3. The summed E-state index contributed by atoms with van der Waals surface area (Å²) in [5.74, 6) is 0. The van der Waals surface area contributed by atoms with Gasteiger partial charge in [-0.25, -0.2) is 0 Å². The third-order valence-electron chi connectivity index (χ3n) is 3.25. The highest BCUT2D eigenvalue weighted by Gasteiger charge is 2.33. The minimum absolute atomic E-state index is 0.353. The first kappa shape index (κ1) is 16.8. The van der Waals surface area contributed by atoms with Gasteiger partial charge in [0.1, 0.15) is 0 Å². The normalized spacial score (nSPS) is 12.9. The molecule has 0 spiro atoms. The first-order valence-electron chi connectivity index (χ1n) is 6.79. The molecule has 0 radical (unpaired) electrons. The molecule has 0 aliphatic rings. The molecular formula is C15H23F3N2. The molecule has 20 heavy (non-hydrogen) atoms. The average Bonchev–Trinajstić information content (AvgIpc) is 2.26. The molecule has 0 fully saturated rings. The number of hydrogen-bond acceptors (Lipinski definition) is 2. The maximum Gasteiger partial charge on any atom is 0.401 e. The third kappa shape index (κ3) is 5.41. The fourth-order valence-corrected chi connectivity index (χ4v) is 2.37. The van der Waals surface area contributed by atoms with Crippen molar-refractivity contribution < 1.29 is 13.2 Å². The number of benzene rings is 1. The molecule has 1 aromatic rings. The van der Waals surface area contributed by atoms with E-state index in [0.29, 0.717) is 25.2 Å².